The lowest BCUT2D eigenvalue weighted by Crippen LogP contribution is -2.27. The van der Waals surface area contributed by atoms with E-state index < -0.39 is 0 Å². The van der Waals surface area contributed by atoms with E-state index in [2.05, 4.69) is 20.8 Å². The maximum atomic E-state index is 5.87. The average Bonchev–Trinajstić information content (AvgIpc) is 3.30. The molecule has 6 heteroatoms. The monoisotopic (exact) mass is 249 g/mol. The van der Waals surface area contributed by atoms with E-state index in [0.29, 0.717) is 18.2 Å². The highest BCUT2D eigenvalue weighted by atomic mass is 16.5. The average molecular weight is 249 g/mol. The minimum Gasteiger partial charge on any atom is -0.376 e. The Bertz CT molecular complexity index is 426. The van der Waals surface area contributed by atoms with E-state index in [1.807, 2.05) is 4.68 Å². The largest absolute Gasteiger partial charge is 0.376 e. The van der Waals surface area contributed by atoms with Gasteiger partial charge in [-0.3, -0.25) is 0 Å². The molecule has 0 amide bonds. The van der Waals surface area contributed by atoms with Gasteiger partial charge in [-0.25, -0.2) is 4.68 Å². The summed E-state index contributed by atoms with van der Waals surface area (Å²) in [6, 6.07) is 1.04. The Hall–Kier alpha value is -1.01. The van der Waals surface area contributed by atoms with Crippen LogP contribution >= 0.6 is 0 Å². The lowest BCUT2D eigenvalue weighted by molar-refractivity contribution is 0.0714. The Labute approximate surface area is 106 Å². The predicted molar refractivity (Wildman–Crippen MR) is 63.8 cm³/mol. The molecule has 0 radical (unpaired) electrons. The number of tetrazole rings is 1. The lowest BCUT2D eigenvalue weighted by Gasteiger charge is -2.19. The second-order valence-corrected chi connectivity index (χ2v) is 5.72. The van der Waals surface area contributed by atoms with Crippen molar-refractivity contribution in [1.82, 2.24) is 25.5 Å². The SMILES string of the molecule is C1CC(n2nnnc2CNC2CC2)C(C2CC2)O1. The fraction of sp³-hybridized carbons (Fsp3) is 0.917. The summed E-state index contributed by atoms with van der Waals surface area (Å²) >= 11 is 0. The summed E-state index contributed by atoms with van der Waals surface area (Å²) in [6.07, 6.45) is 6.58. The number of ether oxygens (including phenoxy) is 1. The molecule has 2 saturated carbocycles. The van der Waals surface area contributed by atoms with Crippen LogP contribution in [0.25, 0.3) is 0 Å². The fourth-order valence-corrected chi connectivity index (χ4v) is 2.85. The van der Waals surface area contributed by atoms with E-state index >= 15 is 0 Å². The third kappa shape index (κ3) is 2.03. The number of hydrogen-bond acceptors (Lipinski definition) is 5. The molecule has 2 atom stereocenters. The van der Waals surface area contributed by atoms with Crippen molar-refractivity contribution in [1.29, 1.82) is 0 Å². The predicted octanol–water partition coefficient (Wildman–Crippen LogP) is 0.665. The minimum atomic E-state index is 0.341. The normalized spacial score (nSPS) is 32.0. The van der Waals surface area contributed by atoms with Gasteiger partial charge in [-0.1, -0.05) is 0 Å². The molecule has 1 aromatic heterocycles. The Morgan fingerprint density at radius 1 is 1.22 bits per heavy atom. The van der Waals surface area contributed by atoms with Gasteiger partial charge in [0.05, 0.1) is 18.7 Å². The second kappa shape index (κ2) is 4.28. The van der Waals surface area contributed by atoms with Crippen LogP contribution in [0.15, 0.2) is 0 Å². The second-order valence-electron chi connectivity index (χ2n) is 5.72. The van der Waals surface area contributed by atoms with Crippen molar-refractivity contribution in [3.05, 3.63) is 5.82 Å². The third-order valence-corrected chi connectivity index (χ3v) is 4.19. The highest BCUT2D eigenvalue weighted by Gasteiger charge is 2.42. The Balaban J connectivity index is 1.49. The molecule has 3 fully saturated rings. The maximum Gasteiger partial charge on any atom is 0.165 e. The van der Waals surface area contributed by atoms with E-state index in [-0.39, 0.29) is 0 Å². The van der Waals surface area contributed by atoms with Crippen molar-refractivity contribution in [3.63, 3.8) is 0 Å². The van der Waals surface area contributed by atoms with Crippen LogP contribution in [0, 0.1) is 5.92 Å². The number of nitrogens with one attached hydrogen (secondary N) is 1. The molecule has 98 valence electrons. The topological polar surface area (TPSA) is 64.9 Å². The van der Waals surface area contributed by atoms with Gasteiger partial charge in [-0.05, 0) is 48.4 Å². The molecule has 1 N–H and O–H groups in total. The van der Waals surface area contributed by atoms with Gasteiger partial charge >= 0.3 is 0 Å². The zero-order valence-corrected chi connectivity index (χ0v) is 10.5. The van der Waals surface area contributed by atoms with E-state index in [9.17, 15) is 0 Å². The molecule has 0 spiro atoms. The van der Waals surface area contributed by atoms with E-state index in [1.54, 1.807) is 0 Å². The van der Waals surface area contributed by atoms with Crippen molar-refractivity contribution in [2.24, 2.45) is 5.92 Å². The standard InChI is InChI=1S/C12H19N5O/c1-2-8(1)12-10(5-6-18-12)17-11(14-15-16-17)7-13-9-3-4-9/h8-10,12-13H,1-7H2. The summed E-state index contributed by atoms with van der Waals surface area (Å²) in [5.41, 5.74) is 0. The first-order valence-electron chi connectivity index (χ1n) is 7.03. The number of nitrogens with zero attached hydrogens (tertiary/aromatic N) is 4. The van der Waals surface area contributed by atoms with Gasteiger partial charge in [0.25, 0.3) is 0 Å². The van der Waals surface area contributed by atoms with Crippen molar-refractivity contribution >= 4 is 0 Å². The van der Waals surface area contributed by atoms with Gasteiger partial charge < -0.3 is 10.1 Å². The van der Waals surface area contributed by atoms with Crippen LogP contribution in [0.2, 0.25) is 0 Å². The number of hydrogen-bond donors (Lipinski definition) is 1. The van der Waals surface area contributed by atoms with Gasteiger partial charge in [0, 0.05) is 12.6 Å². The van der Waals surface area contributed by atoms with Crippen LogP contribution in [0.5, 0.6) is 0 Å². The van der Waals surface area contributed by atoms with Crippen molar-refractivity contribution < 1.29 is 4.74 Å². The smallest absolute Gasteiger partial charge is 0.165 e. The molecule has 2 unspecified atom stereocenters. The molecule has 18 heavy (non-hydrogen) atoms. The molecule has 2 aliphatic carbocycles. The lowest BCUT2D eigenvalue weighted by atomic mass is 10.1. The highest BCUT2D eigenvalue weighted by molar-refractivity contribution is 4.96. The van der Waals surface area contributed by atoms with Crippen molar-refractivity contribution in [2.45, 2.75) is 56.8 Å². The molecule has 4 rings (SSSR count). The minimum absolute atomic E-state index is 0.341. The fourth-order valence-electron chi connectivity index (χ4n) is 2.85. The summed E-state index contributed by atoms with van der Waals surface area (Å²) in [5, 5.41) is 15.7. The highest BCUT2D eigenvalue weighted by Crippen LogP contribution is 2.43. The molecule has 6 nitrogen and oxygen atoms in total. The quantitative estimate of drug-likeness (QED) is 0.830. The maximum absolute atomic E-state index is 5.87. The first-order valence-corrected chi connectivity index (χ1v) is 7.03. The molecule has 1 aromatic rings. The molecular weight excluding hydrogens is 230 g/mol. The van der Waals surface area contributed by atoms with Crippen molar-refractivity contribution in [2.75, 3.05) is 6.61 Å². The Morgan fingerprint density at radius 3 is 2.89 bits per heavy atom. The van der Waals surface area contributed by atoms with Crippen LogP contribution in [-0.2, 0) is 11.3 Å². The molecule has 0 bridgehead atoms. The van der Waals surface area contributed by atoms with Crippen LogP contribution in [0.3, 0.4) is 0 Å². The summed E-state index contributed by atoms with van der Waals surface area (Å²) in [4.78, 5) is 0. The van der Waals surface area contributed by atoms with E-state index in [1.165, 1.54) is 25.7 Å². The first-order chi connectivity index (χ1) is 8.92. The molecular formula is C12H19N5O. The van der Waals surface area contributed by atoms with E-state index in [4.69, 9.17) is 4.74 Å². The van der Waals surface area contributed by atoms with Gasteiger partial charge in [-0.15, -0.1) is 5.10 Å². The molecule has 0 aromatic carbocycles. The molecule has 1 aliphatic heterocycles. The zero-order valence-electron chi connectivity index (χ0n) is 10.5. The van der Waals surface area contributed by atoms with Crippen LogP contribution in [-0.4, -0.2) is 39.0 Å². The van der Waals surface area contributed by atoms with Gasteiger partial charge in [0.1, 0.15) is 0 Å². The van der Waals surface area contributed by atoms with Gasteiger partial charge in [0.15, 0.2) is 5.82 Å². The Kier molecular flexibility index (Phi) is 2.58. The first kappa shape index (κ1) is 10.9. The van der Waals surface area contributed by atoms with E-state index in [0.717, 1.165) is 31.3 Å². The number of rotatable bonds is 5. The van der Waals surface area contributed by atoms with Crippen LogP contribution in [0.1, 0.15) is 44.0 Å². The summed E-state index contributed by atoms with van der Waals surface area (Å²) in [6.45, 7) is 1.63. The molecule has 2 heterocycles. The van der Waals surface area contributed by atoms with Crippen LogP contribution in [0.4, 0.5) is 0 Å². The van der Waals surface area contributed by atoms with Crippen molar-refractivity contribution in [3.8, 4) is 0 Å². The summed E-state index contributed by atoms with van der Waals surface area (Å²) < 4.78 is 7.87. The molecule has 3 aliphatic rings. The Morgan fingerprint density at radius 2 is 2.11 bits per heavy atom. The van der Waals surface area contributed by atoms with Gasteiger partial charge in [0.2, 0.25) is 0 Å². The summed E-state index contributed by atoms with van der Waals surface area (Å²) in [7, 11) is 0. The molecule has 1 saturated heterocycles. The zero-order chi connectivity index (χ0) is 11.9. The number of aromatic nitrogens is 4. The van der Waals surface area contributed by atoms with Crippen LogP contribution < -0.4 is 5.32 Å². The van der Waals surface area contributed by atoms with Gasteiger partial charge in [-0.2, -0.15) is 0 Å². The third-order valence-electron chi connectivity index (χ3n) is 4.19. The summed E-state index contributed by atoms with van der Waals surface area (Å²) in [5.74, 6) is 1.70.